The minimum absolute atomic E-state index is 0. The Morgan fingerprint density at radius 2 is 1.67 bits per heavy atom. The predicted octanol–water partition coefficient (Wildman–Crippen LogP) is 1.61. The number of guanidine groups is 1. The van der Waals surface area contributed by atoms with E-state index in [9.17, 15) is 0 Å². The standard InChI is InChI=1S/C16H24N4.2ClH.2H2O/c1-3-18(4-2)12-13-20-15-9-6-5-8-14(15)19-11-7-10-17-16(19)20;;;;/h5-6,8-9H,3-4,7,10-13H2,1-2H3;2*1H;2*1H2. The Hall–Kier alpha value is -1.05. The molecule has 24 heavy (non-hydrogen) atoms. The van der Waals surface area contributed by atoms with Gasteiger partial charge in [-0.2, -0.15) is 0 Å². The van der Waals surface area contributed by atoms with E-state index in [0.29, 0.717) is 0 Å². The van der Waals surface area contributed by atoms with Crippen LogP contribution in [0.25, 0.3) is 0 Å². The maximum absolute atomic E-state index is 4.77. The number of hydrogen-bond acceptors (Lipinski definition) is 4. The molecule has 0 atom stereocenters. The molecular formula is C16H30Cl2N4O2. The van der Waals surface area contributed by atoms with Crippen LogP contribution in [0.1, 0.15) is 20.3 Å². The Kier molecular flexibility index (Phi) is 12.1. The summed E-state index contributed by atoms with van der Waals surface area (Å²) in [6, 6.07) is 8.69. The summed E-state index contributed by atoms with van der Waals surface area (Å²) in [6.07, 6.45) is 1.15. The smallest absolute Gasteiger partial charge is 0.205 e. The van der Waals surface area contributed by atoms with Gasteiger partial charge in [0.15, 0.2) is 0 Å². The Morgan fingerprint density at radius 1 is 1.04 bits per heavy atom. The monoisotopic (exact) mass is 380 g/mol. The van der Waals surface area contributed by atoms with Crippen molar-refractivity contribution in [1.82, 2.24) is 4.90 Å². The molecule has 2 heterocycles. The van der Waals surface area contributed by atoms with E-state index < -0.39 is 0 Å². The van der Waals surface area contributed by atoms with Gasteiger partial charge in [-0.3, -0.25) is 4.99 Å². The zero-order valence-electron chi connectivity index (χ0n) is 14.4. The molecule has 0 amide bonds. The molecule has 0 unspecified atom stereocenters. The first-order valence-corrected chi connectivity index (χ1v) is 7.76. The number of benzene rings is 1. The summed E-state index contributed by atoms with van der Waals surface area (Å²) in [4.78, 5) is 12.0. The Morgan fingerprint density at radius 3 is 2.29 bits per heavy atom. The first kappa shape index (κ1) is 25.2. The molecule has 1 aromatic rings. The van der Waals surface area contributed by atoms with Crippen LogP contribution in [0.5, 0.6) is 0 Å². The third kappa shape index (κ3) is 4.74. The van der Waals surface area contributed by atoms with Gasteiger partial charge in [-0.25, -0.2) is 0 Å². The molecule has 0 saturated heterocycles. The van der Waals surface area contributed by atoms with Crippen LogP contribution in [-0.2, 0) is 0 Å². The minimum Gasteiger partial charge on any atom is -0.412 e. The Bertz CT molecular complexity index is 513. The summed E-state index contributed by atoms with van der Waals surface area (Å²) < 4.78 is 0. The van der Waals surface area contributed by atoms with Crippen LogP contribution >= 0.6 is 24.8 Å². The van der Waals surface area contributed by atoms with Crippen molar-refractivity contribution in [1.29, 1.82) is 0 Å². The van der Waals surface area contributed by atoms with E-state index in [1.54, 1.807) is 0 Å². The van der Waals surface area contributed by atoms with Crippen molar-refractivity contribution in [2.24, 2.45) is 4.99 Å². The van der Waals surface area contributed by atoms with Gasteiger partial charge in [0.25, 0.3) is 0 Å². The second-order valence-corrected chi connectivity index (χ2v) is 5.35. The van der Waals surface area contributed by atoms with E-state index in [0.717, 1.165) is 51.6 Å². The van der Waals surface area contributed by atoms with Gasteiger partial charge >= 0.3 is 0 Å². The fourth-order valence-corrected chi connectivity index (χ4v) is 3.08. The normalized spacial score (nSPS) is 14.4. The zero-order valence-corrected chi connectivity index (χ0v) is 16.0. The molecule has 140 valence electrons. The molecule has 2 aliphatic rings. The third-order valence-electron chi connectivity index (χ3n) is 4.27. The molecule has 6 nitrogen and oxygen atoms in total. The molecule has 3 rings (SSSR count). The highest BCUT2D eigenvalue weighted by molar-refractivity contribution is 6.16. The lowest BCUT2D eigenvalue weighted by atomic mass is 10.2. The van der Waals surface area contributed by atoms with E-state index in [-0.39, 0.29) is 35.8 Å². The van der Waals surface area contributed by atoms with Crippen LogP contribution in [0, 0.1) is 0 Å². The Labute approximate surface area is 157 Å². The summed E-state index contributed by atoms with van der Waals surface area (Å²) in [6.45, 7) is 10.9. The maximum Gasteiger partial charge on any atom is 0.205 e. The lowest BCUT2D eigenvalue weighted by Gasteiger charge is -2.28. The fraction of sp³-hybridized carbons (Fsp3) is 0.562. The SMILES string of the molecule is CCN(CC)CCN1C2=NCCCN2c2ccccc21.Cl.Cl.O.O. The van der Waals surface area contributed by atoms with Gasteiger partial charge in [-0.15, -0.1) is 24.8 Å². The molecule has 0 aromatic heterocycles. The number of aliphatic imine (C=N–C) groups is 1. The number of rotatable bonds is 5. The highest BCUT2D eigenvalue weighted by atomic mass is 35.5. The number of halogens is 2. The molecule has 8 heteroatoms. The third-order valence-corrected chi connectivity index (χ3v) is 4.27. The van der Waals surface area contributed by atoms with Crippen LogP contribution in [0.4, 0.5) is 11.4 Å². The second-order valence-electron chi connectivity index (χ2n) is 5.35. The van der Waals surface area contributed by atoms with Gasteiger partial charge in [0.05, 0.1) is 11.4 Å². The second kappa shape index (κ2) is 11.5. The molecule has 0 radical (unpaired) electrons. The first-order valence-electron chi connectivity index (χ1n) is 7.76. The van der Waals surface area contributed by atoms with Gasteiger partial charge in [-0.05, 0) is 31.6 Å². The molecule has 0 fully saturated rings. The maximum atomic E-state index is 4.77. The minimum atomic E-state index is 0. The molecule has 4 N–H and O–H groups in total. The van der Waals surface area contributed by atoms with Crippen molar-refractivity contribution in [2.45, 2.75) is 20.3 Å². The average molecular weight is 381 g/mol. The van der Waals surface area contributed by atoms with Crippen molar-refractivity contribution in [3.8, 4) is 0 Å². The predicted molar refractivity (Wildman–Crippen MR) is 108 cm³/mol. The van der Waals surface area contributed by atoms with E-state index in [1.807, 2.05) is 0 Å². The summed E-state index contributed by atoms with van der Waals surface area (Å²) in [5, 5.41) is 0. The molecule has 2 aliphatic heterocycles. The summed E-state index contributed by atoms with van der Waals surface area (Å²) in [5.41, 5.74) is 2.64. The average Bonchev–Trinajstić information content (AvgIpc) is 2.83. The molecule has 0 aliphatic carbocycles. The van der Waals surface area contributed by atoms with Crippen LogP contribution in [-0.4, -0.2) is 61.1 Å². The molecular weight excluding hydrogens is 351 g/mol. The summed E-state index contributed by atoms with van der Waals surface area (Å²) in [5.74, 6) is 1.16. The lowest BCUT2D eigenvalue weighted by molar-refractivity contribution is 0.313. The van der Waals surface area contributed by atoms with E-state index in [4.69, 9.17) is 4.99 Å². The summed E-state index contributed by atoms with van der Waals surface area (Å²) >= 11 is 0. The van der Waals surface area contributed by atoms with Crippen molar-refractivity contribution >= 4 is 42.1 Å². The van der Waals surface area contributed by atoms with Crippen molar-refractivity contribution < 1.29 is 11.0 Å². The van der Waals surface area contributed by atoms with Crippen molar-refractivity contribution in [2.75, 3.05) is 49.1 Å². The van der Waals surface area contributed by atoms with Gasteiger partial charge < -0.3 is 25.7 Å². The largest absolute Gasteiger partial charge is 0.412 e. The van der Waals surface area contributed by atoms with E-state index >= 15 is 0 Å². The number of fused-ring (bicyclic) bond motifs is 3. The number of nitrogens with zero attached hydrogens (tertiary/aromatic N) is 4. The number of hydrogen-bond donors (Lipinski definition) is 0. The highest BCUT2D eigenvalue weighted by Gasteiger charge is 2.33. The van der Waals surface area contributed by atoms with Crippen LogP contribution in [0.2, 0.25) is 0 Å². The van der Waals surface area contributed by atoms with E-state index in [1.165, 1.54) is 11.4 Å². The van der Waals surface area contributed by atoms with Crippen LogP contribution < -0.4 is 9.80 Å². The van der Waals surface area contributed by atoms with Gasteiger partial charge in [0.1, 0.15) is 0 Å². The van der Waals surface area contributed by atoms with Crippen molar-refractivity contribution in [3.05, 3.63) is 24.3 Å². The first-order chi connectivity index (χ1) is 9.85. The number of anilines is 2. The topological polar surface area (TPSA) is 85.1 Å². The van der Waals surface area contributed by atoms with Crippen LogP contribution in [0.3, 0.4) is 0 Å². The number of likely N-dealkylation sites (N-methyl/N-ethyl adjacent to an activating group) is 1. The zero-order chi connectivity index (χ0) is 13.9. The van der Waals surface area contributed by atoms with E-state index in [2.05, 4.69) is 52.8 Å². The molecule has 0 bridgehead atoms. The lowest BCUT2D eigenvalue weighted by Crippen LogP contribution is -2.44. The highest BCUT2D eigenvalue weighted by Crippen LogP contribution is 2.37. The molecule has 1 aromatic carbocycles. The van der Waals surface area contributed by atoms with Gasteiger partial charge in [0, 0.05) is 26.2 Å². The molecule has 0 spiro atoms. The Balaban J connectivity index is 0. The fourth-order valence-electron chi connectivity index (χ4n) is 3.08. The van der Waals surface area contributed by atoms with Crippen LogP contribution in [0.15, 0.2) is 29.3 Å². The molecule has 0 saturated carbocycles. The van der Waals surface area contributed by atoms with Gasteiger partial charge in [0.2, 0.25) is 5.96 Å². The van der Waals surface area contributed by atoms with Crippen molar-refractivity contribution in [3.63, 3.8) is 0 Å². The quantitative estimate of drug-likeness (QED) is 0.777. The number of para-hydroxylation sites is 2. The summed E-state index contributed by atoms with van der Waals surface area (Å²) in [7, 11) is 0. The van der Waals surface area contributed by atoms with Gasteiger partial charge in [-0.1, -0.05) is 26.0 Å².